The summed E-state index contributed by atoms with van der Waals surface area (Å²) in [6, 6.07) is 11.7. The topological polar surface area (TPSA) is 62.0 Å². The molecular weight excluding hydrogens is 230 g/mol. The van der Waals surface area contributed by atoms with Crippen LogP contribution in [0.25, 0.3) is 0 Å². The van der Waals surface area contributed by atoms with Gasteiger partial charge in [0.2, 0.25) is 0 Å². The lowest BCUT2D eigenvalue weighted by Crippen LogP contribution is -1.88. The van der Waals surface area contributed by atoms with Crippen molar-refractivity contribution in [3.05, 3.63) is 48.0 Å². The minimum atomic E-state index is 0.0579. The van der Waals surface area contributed by atoms with Gasteiger partial charge in [-0.05, 0) is 36.4 Å². The molecule has 92 valence electrons. The molecule has 0 saturated carbocycles. The zero-order chi connectivity index (χ0) is 13.0. The molecule has 2 rings (SSSR count). The van der Waals surface area contributed by atoms with Crippen LogP contribution in [0.5, 0.6) is 17.2 Å². The maximum atomic E-state index is 9.85. The summed E-state index contributed by atoms with van der Waals surface area (Å²) in [5.74, 6) is 0.658. The molecule has 0 heterocycles. The number of hydrogen-bond acceptors (Lipinski definition) is 4. The largest absolute Gasteiger partial charge is 0.508 e. The number of phenolic OH excluding ortho intramolecular Hbond substituents is 2. The first-order valence-electron chi connectivity index (χ1n) is 5.40. The zero-order valence-corrected chi connectivity index (χ0v) is 9.87. The first-order chi connectivity index (χ1) is 8.70. The number of methoxy groups -OCH3 is 1. The van der Waals surface area contributed by atoms with E-state index in [4.69, 9.17) is 9.84 Å². The molecule has 0 aliphatic rings. The van der Waals surface area contributed by atoms with Crippen LogP contribution in [-0.2, 0) is 0 Å². The lowest BCUT2D eigenvalue weighted by atomic mass is 10.2. The number of aromatic hydroxyl groups is 2. The molecule has 0 aliphatic heterocycles. The van der Waals surface area contributed by atoms with E-state index in [2.05, 4.69) is 4.99 Å². The highest BCUT2D eigenvalue weighted by Gasteiger charge is 2.04. The van der Waals surface area contributed by atoms with Gasteiger partial charge in [0.15, 0.2) is 11.5 Å². The minimum absolute atomic E-state index is 0.0579. The van der Waals surface area contributed by atoms with Crippen LogP contribution in [0.3, 0.4) is 0 Å². The molecule has 2 aromatic rings. The Hall–Kier alpha value is -2.49. The number of aliphatic imine (C=N–C) groups is 1. The summed E-state index contributed by atoms with van der Waals surface area (Å²) < 4.78 is 5.01. The summed E-state index contributed by atoms with van der Waals surface area (Å²) in [6.07, 6.45) is 1.55. The highest BCUT2D eigenvalue weighted by molar-refractivity contribution is 5.86. The van der Waals surface area contributed by atoms with E-state index in [-0.39, 0.29) is 11.5 Å². The molecule has 0 spiro atoms. The second kappa shape index (κ2) is 5.23. The summed E-state index contributed by atoms with van der Waals surface area (Å²) in [5, 5.41) is 19.0. The quantitative estimate of drug-likeness (QED) is 0.815. The Morgan fingerprint density at radius 3 is 2.44 bits per heavy atom. The lowest BCUT2D eigenvalue weighted by Gasteiger charge is -2.04. The van der Waals surface area contributed by atoms with Crippen LogP contribution in [0.15, 0.2) is 47.5 Å². The summed E-state index contributed by atoms with van der Waals surface area (Å²) in [6.45, 7) is 0. The van der Waals surface area contributed by atoms with Gasteiger partial charge < -0.3 is 14.9 Å². The number of ether oxygens (including phenoxy) is 1. The molecular formula is C14H13NO3. The summed E-state index contributed by atoms with van der Waals surface area (Å²) in [4.78, 5) is 4.20. The standard InChI is InChI=1S/C14H13NO3/c1-18-13-4-2-3-10(14(13)17)9-15-11-5-7-12(16)8-6-11/h2-9,16-17H,1H3. The normalized spacial score (nSPS) is 10.7. The van der Waals surface area contributed by atoms with Gasteiger partial charge in [-0.2, -0.15) is 0 Å². The number of nitrogens with zero attached hydrogens (tertiary/aromatic N) is 1. The van der Waals surface area contributed by atoms with E-state index < -0.39 is 0 Å². The Labute approximate surface area is 105 Å². The zero-order valence-electron chi connectivity index (χ0n) is 9.87. The molecule has 4 heteroatoms. The summed E-state index contributed by atoms with van der Waals surface area (Å²) in [5.41, 5.74) is 1.26. The Bertz CT molecular complexity index is 562. The van der Waals surface area contributed by atoms with Crippen LogP contribution >= 0.6 is 0 Å². The van der Waals surface area contributed by atoms with E-state index in [1.165, 1.54) is 7.11 Å². The van der Waals surface area contributed by atoms with Crippen molar-refractivity contribution >= 4 is 11.9 Å². The third kappa shape index (κ3) is 2.60. The predicted molar refractivity (Wildman–Crippen MR) is 70.0 cm³/mol. The molecule has 0 fully saturated rings. The second-order valence-electron chi connectivity index (χ2n) is 3.67. The first kappa shape index (κ1) is 12.0. The average Bonchev–Trinajstić information content (AvgIpc) is 2.39. The molecule has 0 radical (unpaired) electrons. The Morgan fingerprint density at radius 1 is 1.06 bits per heavy atom. The van der Waals surface area contributed by atoms with Crippen molar-refractivity contribution in [3.63, 3.8) is 0 Å². The second-order valence-corrected chi connectivity index (χ2v) is 3.67. The summed E-state index contributed by atoms with van der Waals surface area (Å²) in [7, 11) is 1.50. The molecule has 2 N–H and O–H groups in total. The molecule has 0 unspecified atom stereocenters. The number of para-hydroxylation sites is 1. The monoisotopic (exact) mass is 243 g/mol. The predicted octanol–water partition coefficient (Wildman–Crippen LogP) is 2.86. The van der Waals surface area contributed by atoms with E-state index in [1.807, 2.05) is 0 Å². The van der Waals surface area contributed by atoms with Gasteiger partial charge in [-0.25, -0.2) is 0 Å². The van der Waals surface area contributed by atoms with E-state index in [0.717, 1.165) is 0 Å². The molecule has 0 aromatic heterocycles. The van der Waals surface area contributed by atoms with Crippen LogP contribution in [0, 0.1) is 0 Å². The van der Waals surface area contributed by atoms with Crippen LogP contribution in [0.4, 0.5) is 5.69 Å². The average molecular weight is 243 g/mol. The number of phenols is 2. The van der Waals surface area contributed by atoms with Crippen molar-refractivity contribution in [2.45, 2.75) is 0 Å². The van der Waals surface area contributed by atoms with Crippen LogP contribution in [-0.4, -0.2) is 23.5 Å². The van der Waals surface area contributed by atoms with Gasteiger partial charge in [0, 0.05) is 11.8 Å². The van der Waals surface area contributed by atoms with Gasteiger partial charge in [0.1, 0.15) is 5.75 Å². The molecule has 2 aromatic carbocycles. The molecule has 4 nitrogen and oxygen atoms in total. The molecule has 0 aliphatic carbocycles. The number of hydrogen-bond donors (Lipinski definition) is 2. The third-order valence-corrected chi connectivity index (χ3v) is 2.45. The molecule has 0 bridgehead atoms. The molecule has 0 saturated heterocycles. The molecule has 0 atom stereocenters. The fourth-order valence-electron chi connectivity index (χ4n) is 1.49. The third-order valence-electron chi connectivity index (χ3n) is 2.45. The van der Waals surface area contributed by atoms with Gasteiger partial charge >= 0.3 is 0 Å². The highest BCUT2D eigenvalue weighted by Crippen LogP contribution is 2.28. The van der Waals surface area contributed by atoms with Crippen molar-refractivity contribution in [1.29, 1.82) is 0 Å². The Morgan fingerprint density at radius 2 is 1.78 bits per heavy atom. The maximum absolute atomic E-state index is 9.85. The van der Waals surface area contributed by atoms with Gasteiger partial charge in [-0.3, -0.25) is 4.99 Å². The van der Waals surface area contributed by atoms with E-state index >= 15 is 0 Å². The fraction of sp³-hybridized carbons (Fsp3) is 0.0714. The Balaban J connectivity index is 2.26. The van der Waals surface area contributed by atoms with Crippen molar-refractivity contribution < 1.29 is 14.9 Å². The van der Waals surface area contributed by atoms with Gasteiger partial charge in [0.25, 0.3) is 0 Å². The van der Waals surface area contributed by atoms with Crippen molar-refractivity contribution in [3.8, 4) is 17.2 Å². The van der Waals surface area contributed by atoms with Crippen molar-refractivity contribution in [2.75, 3.05) is 7.11 Å². The lowest BCUT2D eigenvalue weighted by molar-refractivity contribution is 0.373. The minimum Gasteiger partial charge on any atom is -0.508 e. The smallest absolute Gasteiger partial charge is 0.166 e. The number of rotatable bonds is 3. The SMILES string of the molecule is COc1cccc(C=Nc2ccc(O)cc2)c1O. The van der Waals surface area contributed by atoms with Gasteiger partial charge in [0.05, 0.1) is 12.8 Å². The van der Waals surface area contributed by atoms with E-state index in [1.54, 1.807) is 48.7 Å². The number of benzene rings is 2. The van der Waals surface area contributed by atoms with E-state index in [0.29, 0.717) is 17.0 Å². The first-order valence-corrected chi connectivity index (χ1v) is 5.40. The van der Waals surface area contributed by atoms with E-state index in [9.17, 15) is 5.11 Å². The molecule has 0 amide bonds. The van der Waals surface area contributed by atoms with Crippen LogP contribution < -0.4 is 4.74 Å². The highest BCUT2D eigenvalue weighted by atomic mass is 16.5. The fourth-order valence-corrected chi connectivity index (χ4v) is 1.49. The van der Waals surface area contributed by atoms with Gasteiger partial charge in [-0.1, -0.05) is 6.07 Å². The van der Waals surface area contributed by atoms with Crippen molar-refractivity contribution in [2.24, 2.45) is 4.99 Å². The molecule has 18 heavy (non-hydrogen) atoms. The van der Waals surface area contributed by atoms with Crippen LogP contribution in [0.2, 0.25) is 0 Å². The van der Waals surface area contributed by atoms with Crippen LogP contribution in [0.1, 0.15) is 5.56 Å². The van der Waals surface area contributed by atoms with Crippen molar-refractivity contribution in [1.82, 2.24) is 0 Å². The Kier molecular flexibility index (Phi) is 3.48. The van der Waals surface area contributed by atoms with Gasteiger partial charge in [-0.15, -0.1) is 0 Å². The summed E-state index contributed by atoms with van der Waals surface area (Å²) >= 11 is 0. The maximum Gasteiger partial charge on any atom is 0.166 e.